The number of ether oxygens (including phenoxy) is 8. The van der Waals surface area contributed by atoms with Crippen LogP contribution in [0.1, 0.15) is 52.4 Å². The summed E-state index contributed by atoms with van der Waals surface area (Å²) in [6.07, 6.45) is 2.56. The van der Waals surface area contributed by atoms with Gasteiger partial charge in [-0.1, -0.05) is 26.0 Å². The van der Waals surface area contributed by atoms with Crippen LogP contribution in [-0.4, -0.2) is 111 Å². The average molecular weight is 651 g/mol. The Labute approximate surface area is 268 Å². The van der Waals surface area contributed by atoms with Crippen LogP contribution in [0.25, 0.3) is 0 Å². The molecular formula is C33H46O13. The first-order chi connectivity index (χ1) is 22.1. The Bertz CT molecular complexity index is 1160. The normalized spacial score (nSPS) is 43.1. The predicted octanol–water partition coefficient (Wildman–Crippen LogP) is 2.08. The van der Waals surface area contributed by atoms with Gasteiger partial charge in [-0.2, -0.15) is 0 Å². The summed E-state index contributed by atoms with van der Waals surface area (Å²) < 4.78 is 46.2. The van der Waals surface area contributed by atoms with Crippen molar-refractivity contribution in [1.29, 1.82) is 0 Å². The molecule has 46 heavy (non-hydrogen) atoms. The second-order valence-electron chi connectivity index (χ2n) is 13.7. The number of carbonyl (C=O) groups excluding carboxylic acids is 3. The zero-order chi connectivity index (χ0) is 32.5. The first-order valence-electron chi connectivity index (χ1n) is 16.6. The number of carboxylic acids is 1. The van der Waals surface area contributed by atoms with E-state index >= 15 is 0 Å². The number of rotatable bonds is 10. The van der Waals surface area contributed by atoms with Crippen LogP contribution < -0.4 is 0 Å². The lowest BCUT2D eigenvalue weighted by atomic mass is 9.69. The van der Waals surface area contributed by atoms with Gasteiger partial charge in [0.15, 0.2) is 18.3 Å². The van der Waals surface area contributed by atoms with Crippen molar-refractivity contribution >= 4 is 23.9 Å². The van der Waals surface area contributed by atoms with Gasteiger partial charge in [-0.25, -0.2) is 0 Å². The molecule has 4 heterocycles. The van der Waals surface area contributed by atoms with Gasteiger partial charge in [0.2, 0.25) is 0 Å². The molecule has 12 atom stereocenters. The van der Waals surface area contributed by atoms with E-state index in [-0.39, 0.29) is 92.5 Å². The molecule has 2 aliphatic carbocycles. The summed E-state index contributed by atoms with van der Waals surface area (Å²) in [6.45, 7) is 5.09. The summed E-state index contributed by atoms with van der Waals surface area (Å²) in [5.41, 5.74) is 0. The average Bonchev–Trinajstić information content (AvgIpc) is 3.82. The lowest BCUT2D eigenvalue weighted by Gasteiger charge is -2.36. The summed E-state index contributed by atoms with van der Waals surface area (Å²) in [7, 11) is 1.61. The van der Waals surface area contributed by atoms with Crippen LogP contribution in [0.5, 0.6) is 0 Å². The lowest BCUT2D eigenvalue weighted by Crippen LogP contribution is -2.38. The molecule has 13 heteroatoms. The van der Waals surface area contributed by atoms with Crippen LogP contribution in [0, 0.1) is 35.5 Å². The Balaban J connectivity index is 0.985. The summed E-state index contributed by atoms with van der Waals surface area (Å²) in [4.78, 5) is 50.4. The van der Waals surface area contributed by atoms with Crippen molar-refractivity contribution in [1.82, 2.24) is 0 Å². The quantitative estimate of drug-likeness (QED) is 0.208. The molecule has 0 radical (unpaired) electrons. The SMILES string of the molecule is CO[C@@H]1CO[C@H]2[C@@H]1OC[C@@H]2OC(=O)CC1C=CC(C)C(C)C1CC(=O)OC1CO[C@@H]2[C@@H](OC(=O)C3CCC(C(=O)O)CC3)CO[C@H]12. The van der Waals surface area contributed by atoms with E-state index in [0.717, 1.165) is 0 Å². The largest absolute Gasteiger partial charge is 0.481 e. The monoisotopic (exact) mass is 650 g/mol. The summed E-state index contributed by atoms with van der Waals surface area (Å²) in [6, 6.07) is 0. The molecular weight excluding hydrogens is 604 g/mol. The Morgan fingerprint density at radius 2 is 1.15 bits per heavy atom. The van der Waals surface area contributed by atoms with Crippen LogP contribution in [0.15, 0.2) is 12.2 Å². The fourth-order valence-electron chi connectivity index (χ4n) is 7.98. The Kier molecular flexibility index (Phi) is 10.3. The van der Waals surface area contributed by atoms with Gasteiger partial charge in [-0.05, 0) is 49.4 Å². The third-order valence-electron chi connectivity index (χ3n) is 11.0. The lowest BCUT2D eigenvalue weighted by molar-refractivity contribution is -0.162. The molecule has 0 aromatic rings. The van der Waals surface area contributed by atoms with E-state index in [1.807, 2.05) is 6.08 Å². The van der Waals surface area contributed by atoms with Crippen molar-refractivity contribution in [3.8, 4) is 0 Å². The van der Waals surface area contributed by atoms with Crippen LogP contribution in [0.3, 0.4) is 0 Å². The molecule has 0 bridgehead atoms. The minimum absolute atomic E-state index is 0.120. The topological polar surface area (TPSA) is 162 Å². The second-order valence-corrected chi connectivity index (χ2v) is 13.7. The molecule has 5 unspecified atom stereocenters. The third-order valence-corrected chi connectivity index (χ3v) is 11.0. The number of aliphatic carboxylic acids is 1. The molecule has 6 rings (SSSR count). The smallest absolute Gasteiger partial charge is 0.309 e. The maximum absolute atomic E-state index is 13.3. The van der Waals surface area contributed by atoms with Gasteiger partial charge in [0.1, 0.15) is 30.5 Å². The molecule has 13 nitrogen and oxygen atoms in total. The standard InChI is InChI=1S/C33H46O13/c1-16-4-5-20(10-26(34)44-23-13-41-28-22(39-3)12-40-29(23)28)21(17(16)2)11-27(35)45-24-14-42-31-25(15-43-30(24)31)46-33(38)19-8-6-18(7-9-19)32(36)37/h4-5,16-25,28-31H,6-15H2,1-3H3,(H,36,37)/t16?,17?,18?,19?,20?,21?,22-,23+,24?,25+,28-,29-,30-,31-/m1/s1. The predicted molar refractivity (Wildman–Crippen MR) is 156 cm³/mol. The molecule has 0 amide bonds. The van der Waals surface area contributed by atoms with Crippen LogP contribution >= 0.6 is 0 Å². The molecule has 4 aliphatic heterocycles. The number of allylic oxidation sites excluding steroid dienone is 2. The summed E-state index contributed by atoms with van der Waals surface area (Å²) in [5.74, 6) is -2.71. The van der Waals surface area contributed by atoms with E-state index in [9.17, 15) is 24.3 Å². The summed E-state index contributed by atoms with van der Waals surface area (Å²) >= 11 is 0. The Morgan fingerprint density at radius 3 is 1.70 bits per heavy atom. The van der Waals surface area contributed by atoms with E-state index in [1.54, 1.807) is 7.11 Å². The molecule has 1 saturated carbocycles. The van der Waals surface area contributed by atoms with E-state index in [0.29, 0.717) is 32.3 Å². The minimum atomic E-state index is -0.825. The van der Waals surface area contributed by atoms with Gasteiger partial charge >= 0.3 is 23.9 Å². The highest BCUT2D eigenvalue weighted by molar-refractivity contribution is 5.74. The van der Waals surface area contributed by atoms with Gasteiger partial charge in [-0.3, -0.25) is 19.2 Å². The van der Waals surface area contributed by atoms with E-state index in [2.05, 4.69) is 19.9 Å². The van der Waals surface area contributed by atoms with Gasteiger partial charge < -0.3 is 43.0 Å². The van der Waals surface area contributed by atoms with Crippen molar-refractivity contribution in [3.63, 3.8) is 0 Å². The van der Waals surface area contributed by atoms with Crippen molar-refractivity contribution in [2.75, 3.05) is 33.5 Å². The van der Waals surface area contributed by atoms with Crippen LogP contribution in [-0.2, 0) is 57.1 Å². The Hall–Kier alpha value is -2.58. The van der Waals surface area contributed by atoms with Crippen LogP contribution in [0.4, 0.5) is 0 Å². The zero-order valence-corrected chi connectivity index (χ0v) is 26.7. The molecule has 5 fully saturated rings. The highest BCUT2D eigenvalue weighted by atomic mass is 16.7. The molecule has 6 aliphatic rings. The minimum Gasteiger partial charge on any atom is -0.481 e. The maximum Gasteiger partial charge on any atom is 0.309 e. The molecule has 0 aromatic heterocycles. The van der Waals surface area contributed by atoms with Gasteiger partial charge in [0.05, 0.1) is 44.7 Å². The molecule has 1 N–H and O–H groups in total. The fraction of sp³-hybridized carbons (Fsp3) is 0.818. The highest BCUT2D eigenvalue weighted by Gasteiger charge is 2.52. The fourth-order valence-corrected chi connectivity index (χ4v) is 7.98. The number of esters is 3. The highest BCUT2D eigenvalue weighted by Crippen LogP contribution is 2.40. The van der Waals surface area contributed by atoms with Gasteiger partial charge in [0.25, 0.3) is 0 Å². The van der Waals surface area contributed by atoms with E-state index < -0.39 is 48.4 Å². The van der Waals surface area contributed by atoms with E-state index in [1.165, 1.54) is 0 Å². The number of hydrogen-bond acceptors (Lipinski definition) is 12. The molecule has 256 valence electrons. The first kappa shape index (κ1) is 33.3. The number of carbonyl (C=O) groups is 4. The second kappa shape index (κ2) is 14.3. The molecule has 0 spiro atoms. The van der Waals surface area contributed by atoms with Gasteiger partial charge in [-0.15, -0.1) is 0 Å². The van der Waals surface area contributed by atoms with Crippen molar-refractivity contribution < 1.29 is 62.2 Å². The number of methoxy groups -OCH3 is 1. The third kappa shape index (κ3) is 6.99. The molecule has 0 aromatic carbocycles. The number of carboxylic acid groups (broad SMARTS) is 1. The Morgan fingerprint density at radius 1 is 0.674 bits per heavy atom. The van der Waals surface area contributed by atoms with Crippen molar-refractivity contribution in [2.45, 2.75) is 101 Å². The molecule has 4 saturated heterocycles. The number of hydrogen-bond donors (Lipinski definition) is 1. The number of fused-ring (bicyclic) bond motifs is 2. The zero-order valence-electron chi connectivity index (χ0n) is 26.7. The maximum atomic E-state index is 13.3. The van der Waals surface area contributed by atoms with Crippen LogP contribution in [0.2, 0.25) is 0 Å². The first-order valence-corrected chi connectivity index (χ1v) is 16.6. The van der Waals surface area contributed by atoms with Gasteiger partial charge in [0, 0.05) is 13.5 Å². The van der Waals surface area contributed by atoms with Crippen molar-refractivity contribution in [2.24, 2.45) is 35.5 Å². The summed E-state index contributed by atoms with van der Waals surface area (Å²) in [5, 5.41) is 9.22. The van der Waals surface area contributed by atoms with Crippen molar-refractivity contribution in [3.05, 3.63) is 12.2 Å². The van der Waals surface area contributed by atoms with E-state index in [4.69, 9.17) is 37.9 Å².